The largest absolute Gasteiger partial charge is 0.419 e. The lowest BCUT2D eigenvalue weighted by atomic mass is 10.1. The van der Waals surface area contributed by atoms with Crippen molar-refractivity contribution < 1.29 is 22.1 Å². The second kappa shape index (κ2) is 3.76. The molecule has 0 amide bonds. The van der Waals surface area contributed by atoms with Gasteiger partial charge in [-0.15, -0.1) is 0 Å². The number of hydrogen-bond donors (Lipinski definition) is 1. The third kappa shape index (κ3) is 2.22. The van der Waals surface area contributed by atoms with Gasteiger partial charge >= 0.3 is 6.18 Å². The van der Waals surface area contributed by atoms with Gasteiger partial charge in [0.2, 0.25) is 0 Å². The topological polar surface area (TPSA) is 52.0 Å². The fourth-order valence-corrected chi connectivity index (χ4v) is 1.32. The zero-order valence-corrected chi connectivity index (χ0v) is 8.25. The molecule has 0 spiro atoms. The van der Waals surface area contributed by atoms with E-state index in [1.807, 2.05) is 0 Å². The molecule has 0 atom stereocenters. The van der Waals surface area contributed by atoms with Crippen LogP contribution in [-0.4, -0.2) is 5.16 Å². The predicted molar refractivity (Wildman–Crippen MR) is 51.3 cm³/mol. The quantitative estimate of drug-likeness (QED) is 0.786. The first-order valence-corrected chi connectivity index (χ1v) is 4.47. The molecule has 2 aromatic rings. The minimum Gasteiger partial charge on any atom is -0.381 e. The molecular formula is C10H6F4N2O. The third-order valence-electron chi connectivity index (χ3n) is 2.09. The molecule has 0 saturated carbocycles. The normalized spacial score (nSPS) is 11.8. The van der Waals surface area contributed by atoms with Gasteiger partial charge in [-0.3, -0.25) is 0 Å². The molecule has 0 unspecified atom stereocenters. The first-order valence-electron chi connectivity index (χ1n) is 4.47. The van der Waals surface area contributed by atoms with Gasteiger partial charge in [0.25, 0.3) is 0 Å². The molecule has 1 aromatic carbocycles. The van der Waals surface area contributed by atoms with Gasteiger partial charge in [-0.05, 0) is 12.1 Å². The number of benzene rings is 1. The molecule has 0 aliphatic heterocycles. The molecule has 0 aliphatic carbocycles. The maximum absolute atomic E-state index is 13.2. The van der Waals surface area contributed by atoms with E-state index in [2.05, 4.69) is 5.16 Å². The lowest BCUT2D eigenvalue weighted by Gasteiger charge is -2.08. The van der Waals surface area contributed by atoms with Crippen LogP contribution in [0.4, 0.5) is 23.4 Å². The molecule has 7 heteroatoms. The van der Waals surface area contributed by atoms with E-state index in [9.17, 15) is 17.6 Å². The summed E-state index contributed by atoms with van der Waals surface area (Å²) in [5.41, 5.74) is 4.09. The van der Waals surface area contributed by atoms with Crippen molar-refractivity contribution in [3.8, 4) is 11.3 Å². The summed E-state index contributed by atoms with van der Waals surface area (Å²) in [5, 5.41) is 3.35. The number of aromatic nitrogens is 1. The molecule has 0 radical (unpaired) electrons. The minimum atomic E-state index is -4.72. The highest BCUT2D eigenvalue weighted by atomic mass is 19.4. The van der Waals surface area contributed by atoms with Gasteiger partial charge in [-0.25, -0.2) is 4.39 Å². The van der Waals surface area contributed by atoms with E-state index < -0.39 is 17.6 Å². The molecule has 0 bridgehead atoms. The van der Waals surface area contributed by atoms with E-state index in [1.54, 1.807) is 0 Å². The maximum atomic E-state index is 13.2. The molecule has 1 heterocycles. The van der Waals surface area contributed by atoms with E-state index in [0.717, 1.165) is 12.1 Å². The first-order chi connectivity index (χ1) is 7.88. The number of nitrogens with zero attached hydrogens (tertiary/aromatic N) is 1. The summed E-state index contributed by atoms with van der Waals surface area (Å²) in [5.74, 6) is -1.19. The predicted octanol–water partition coefficient (Wildman–Crippen LogP) is 3.08. The van der Waals surface area contributed by atoms with Gasteiger partial charge in [-0.1, -0.05) is 11.2 Å². The Morgan fingerprint density at radius 3 is 2.35 bits per heavy atom. The molecule has 1 aromatic heterocycles. The average Bonchev–Trinajstić information content (AvgIpc) is 2.62. The van der Waals surface area contributed by atoms with Crippen molar-refractivity contribution in [2.24, 2.45) is 0 Å². The maximum Gasteiger partial charge on any atom is 0.419 e. The van der Waals surface area contributed by atoms with Crippen molar-refractivity contribution in [2.75, 3.05) is 5.73 Å². The Kier molecular flexibility index (Phi) is 2.53. The van der Waals surface area contributed by atoms with Crippen molar-refractivity contribution in [3.63, 3.8) is 0 Å². The van der Waals surface area contributed by atoms with Crippen LogP contribution in [0.15, 0.2) is 28.8 Å². The Morgan fingerprint density at radius 1 is 1.18 bits per heavy atom. The van der Waals surface area contributed by atoms with Gasteiger partial charge in [0.05, 0.1) is 5.56 Å². The SMILES string of the molecule is Nc1cc(-c2ccc(C(F)(F)F)c(F)c2)on1. The summed E-state index contributed by atoms with van der Waals surface area (Å²) in [6.07, 6.45) is -4.72. The van der Waals surface area contributed by atoms with Gasteiger partial charge in [-0.2, -0.15) is 13.2 Å². The van der Waals surface area contributed by atoms with Crippen molar-refractivity contribution >= 4 is 5.82 Å². The summed E-state index contributed by atoms with van der Waals surface area (Å²) in [4.78, 5) is 0. The average molecular weight is 246 g/mol. The molecule has 3 nitrogen and oxygen atoms in total. The van der Waals surface area contributed by atoms with Crippen molar-refractivity contribution in [3.05, 3.63) is 35.6 Å². The lowest BCUT2D eigenvalue weighted by molar-refractivity contribution is -0.139. The summed E-state index contributed by atoms with van der Waals surface area (Å²) in [7, 11) is 0. The number of hydrogen-bond acceptors (Lipinski definition) is 3. The van der Waals surface area contributed by atoms with Crippen LogP contribution in [0, 0.1) is 5.82 Å². The smallest absolute Gasteiger partial charge is 0.381 e. The van der Waals surface area contributed by atoms with E-state index in [1.165, 1.54) is 6.07 Å². The molecular weight excluding hydrogens is 240 g/mol. The Bertz CT molecular complexity index is 547. The fourth-order valence-electron chi connectivity index (χ4n) is 1.32. The fraction of sp³-hybridized carbons (Fsp3) is 0.100. The molecule has 17 heavy (non-hydrogen) atoms. The van der Waals surface area contributed by atoms with Gasteiger partial charge < -0.3 is 10.3 Å². The van der Waals surface area contributed by atoms with E-state index >= 15 is 0 Å². The van der Waals surface area contributed by atoms with Crippen LogP contribution in [0.3, 0.4) is 0 Å². The number of rotatable bonds is 1. The molecule has 2 N–H and O–H groups in total. The van der Waals surface area contributed by atoms with Gasteiger partial charge in [0.15, 0.2) is 11.6 Å². The monoisotopic (exact) mass is 246 g/mol. The molecule has 0 aliphatic rings. The highest BCUT2D eigenvalue weighted by Crippen LogP contribution is 2.33. The number of alkyl halides is 3. The Hall–Kier alpha value is -2.05. The molecule has 0 saturated heterocycles. The zero-order chi connectivity index (χ0) is 12.6. The van der Waals surface area contributed by atoms with Crippen molar-refractivity contribution in [2.45, 2.75) is 6.18 Å². The Morgan fingerprint density at radius 2 is 1.88 bits per heavy atom. The van der Waals surface area contributed by atoms with Gasteiger partial charge in [0, 0.05) is 11.6 Å². The summed E-state index contributed by atoms with van der Waals surface area (Å²) in [6.45, 7) is 0. The van der Waals surface area contributed by atoms with E-state index in [-0.39, 0.29) is 17.1 Å². The van der Waals surface area contributed by atoms with Crippen LogP contribution in [-0.2, 0) is 6.18 Å². The van der Waals surface area contributed by atoms with E-state index in [0.29, 0.717) is 6.07 Å². The number of nitrogens with two attached hydrogens (primary N) is 1. The van der Waals surface area contributed by atoms with Crippen molar-refractivity contribution in [1.29, 1.82) is 0 Å². The summed E-state index contributed by atoms with van der Waals surface area (Å²) in [6, 6.07) is 3.75. The Balaban J connectivity index is 2.44. The van der Waals surface area contributed by atoms with Crippen LogP contribution in [0.1, 0.15) is 5.56 Å². The minimum absolute atomic E-state index is 0.0697. The van der Waals surface area contributed by atoms with Crippen molar-refractivity contribution in [1.82, 2.24) is 5.16 Å². The highest BCUT2D eigenvalue weighted by Gasteiger charge is 2.34. The molecule has 2 rings (SSSR count). The second-order valence-corrected chi connectivity index (χ2v) is 3.31. The summed E-state index contributed by atoms with van der Waals surface area (Å²) >= 11 is 0. The zero-order valence-electron chi connectivity index (χ0n) is 8.25. The van der Waals surface area contributed by atoms with Crippen LogP contribution in [0.5, 0.6) is 0 Å². The van der Waals surface area contributed by atoms with Crippen LogP contribution >= 0.6 is 0 Å². The summed E-state index contributed by atoms with van der Waals surface area (Å²) < 4.78 is 54.8. The number of nitrogen functional groups attached to an aromatic ring is 1. The van der Waals surface area contributed by atoms with Gasteiger partial charge in [0.1, 0.15) is 5.82 Å². The van der Waals surface area contributed by atoms with Crippen LogP contribution in [0.2, 0.25) is 0 Å². The number of halogens is 4. The van der Waals surface area contributed by atoms with Crippen LogP contribution in [0.25, 0.3) is 11.3 Å². The lowest BCUT2D eigenvalue weighted by Crippen LogP contribution is -2.07. The highest BCUT2D eigenvalue weighted by molar-refractivity contribution is 5.60. The van der Waals surface area contributed by atoms with Crippen LogP contribution < -0.4 is 5.73 Å². The Labute approximate surface area is 92.8 Å². The van der Waals surface area contributed by atoms with E-state index in [4.69, 9.17) is 10.3 Å². The standard InChI is InChI=1S/C10H6F4N2O/c11-7-3-5(8-4-9(15)16-17-8)1-2-6(7)10(12,13)14/h1-4H,(H2,15,16). The third-order valence-corrected chi connectivity index (χ3v) is 2.09. The number of anilines is 1. The molecule has 0 fully saturated rings. The first kappa shape index (κ1) is 11.4. The molecule has 90 valence electrons. The second-order valence-electron chi connectivity index (χ2n) is 3.31.